The van der Waals surface area contributed by atoms with Gasteiger partial charge in [0, 0.05) is 5.41 Å². The zero-order valence-corrected chi connectivity index (χ0v) is 24.9. The van der Waals surface area contributed by atoms with Crippen molar-refractivity contribution in [1.29, 1.82) is 0 Å². The number of allylic oxidation sites excluding steroid dienone is 1. The van der Waals surface area contributed by atoms with Crippen LogP contribution in [0.4, 0.5) is 17.1 Å². The summed E-state index contributed by atoms with van der Waals surface area (Å²) in [5, 5.41) is 1.03. The van der Waals surface area contributed by atoms with Crippen LogP contribution in [0.5, 0.6) is 11.5 Å². The van der Waals surface area contributed by atoms with Crippen molar-refractivity contribution in [1.82, 2.24) is 0 Å². The number of ketones is 2. The predicted octanol–water partition coefficient (Wildman–Crippen LogP) is 7.49. The number of carbonyl (C=O) groups is 2. The molecule has 2 heterocycles. The summed E-state index contributed by atoms with van der Waals surface area (Å²) in [6, 6.07) is 26.3. The molecule has 0 unspecified atom stereocenters. The van der Waals surface area contributed by atoms with Gasteiger partial charge >= 0.3 is 166 Å². The zero-order chi connectivity index (χ0) is 28.5. The molecule has 6 heteroatoms. The number of methoxy groups -OCH3 is 2. The first-order valence-electron chi connectivity index (χ1n) is 13.4. The SMILES string of the molecule is COc1cc(N2c3ccccc3C(C)(C)c3ccccc32)c(OC)cc1/C=C1/C(=O)c2cc3cc[se]c3cc2C1=O. The summed E-state index contributed by atoms with van der Waals surface area (Å²) in [6.45, 7) is 4.49. The average Bonchev–Trinajstić information content (AvgIpc) is 3.54. The molecule has 1 aromatic heterocycles. The minimum atomic E-state index is -0.258. The Hall–Kier alpha value is -4.38. The van der Waals surface area contributed by atoms with Gasteiger partial charge in [-0.2, -0.15) is 0 Å². The van der Waals surface area contributed by atoms with Crippen LogP contribution in [0, 0.1) is 0 Å². The van der Waals surface area contributed by atoms with E-state index >= 15 is 0 Å². The van der Waals surface area contributed by atoms with E-state index in [9.17, 15) is 9.59 Å². The van der Waals surface area contributed by atoms with Gasteiger partial charge < -0.3 is 0 Å². The van der Waals surface area contributed by atoms with Gasteiger partial charge in [0.1, 0.15) is 0 Å². The van der Waals surface area contributed by atoms with Crippen LogP contribution in [-0.2, 0) is 5.41 Å². The Balaban J connectivity index is 1.39. The molecule has 0 bridgehead atoms. The third-order valence-electron chi connectivity index (χ3n) is 8.28. The number of anilines is 3. The zero-order valence-electron chi connectivity index (χ0n) is 23.1. The summed E-state index contributed by atoms with van der Waals surface area (Å²) in [7, 11) is 3.23. The van der Waals surface area contributed by atoms with Gasteiger partial charge in [-0.1, -0.05) is 50.2 Å². The fourth-order valence-electron chi connectivity index (χ4n) is 6.19. The predicted molar refractivity (Wildman–Crippen MR) is 164 cm³/mol. The van der Waals surface area contributed by atoms with Crippen LogP contribution in [0.1, 0.15) is 51.3 Å². The molecule has 0 spiro atoms. The number of hydrogen-bond acceptors (Lipinski definition) is 5. The van der Waals surface area contributed by atoms with Gasteiger partial charge in [-0.05, 0) is 23.3 Å². The topological polar surface area (TPSA) is 55.8 Å². The van der Waals surface area contributed by atoms with E-state index in [1.165, 1.54) is 11.1 Å². The molecule has 5 aromatic rings. The van der Waals surface area contributed by atoms with Gasteiger partial charge in [0.05, 0.1) is 0 Å². The molecule has 0 radical (unpaired) electrons. The molecule has 202 valence electrons. The molecule has 0 N–H and O–H groups in total. The van der Waals surface area contributed by atoms with Gasteiger partial charge in [-0.25, -0.2) is 0 Å². The average molecular weight is 605 g/mol. The molecule has 0 atom stereocenters. The van der Waals surface area contributed by atoms with Crippen LogP contribution in [-0.4, -0.2) is 40.3 Å². The van der Waals surface area contributed by atoms with E-state index in [2.05, 4.69) is 60.1 Å². The molecular weight excluding hydrogens is 577 g/mol. The fraction of sp³-hybridized carbons (Fsp3) is 0.143. The first kappa shape index (κ1) is 25.6. The Labute approximate surface area is 244 Å². The van der Waals surface area contributed by atoms with E-state index in [1.807, 2.05) is 42.5 Å². The molecule has 5 nitrogen and oxygen atoms in total. The molecule has 41 heavy (non-hydrogen) atoms. The van der Waals surface area contributed by atoms with Crippen LogP contribution >= 0.6 is 0 Å². The number of fused-ring (bicyclic) bond motifs is 4. The number of ether oxygens (including phenoxy) is 2. The Morgan fingerprint density at radius 3 is 1.98 bits per heavy atom. The van der Waals surface area contributed by atoms with Crippen molar-refractivity contribution in [2.75, 3.05) is 19.1 Å². The molecule has 1 aliphatic carbocycles. The number of benzene rings is 4. The van der Waals surface area contributed by atoms with Gasteiger partial charge in [-0.15, -0.1) is 0 Å². The van der Waals surface area contributed by atoms with Crippen LogP contribution in [0.3, 0.4) is 0 Å². The van der Waals surface area contributed by atoms with E-state index in [0.29, 0.717) is 28.2 Å². The molecule has 0 saturated heterocycles. The van der Waals surface area contributed by atoms with E-state index in [-0.39, 0.29) is 37.1 Å². The number of rotatable bonds is 4. The van der Waals surface area contributed by atoms with E-state index in [1.54, 1.807) is 20.3 Å². The molecule has 2 aliphatic rings. The van der Waals surface area contributed by atoms with Crippen LogP contribution in [0.15, 0.2) is 89.4 Å². The molecule has 0 fully saturated rings. The van der Waals surface area contributed by atoms with Crippen molar-refractivity contribution in [2.24, 2.45) is 0 Å². The standard InChI is InChI=1S/C35H27NO4Se/c1-35(2)25-9-5-7-11-27(25)36(28-12-8-6-10-26(28)35)29-19-30(39-3)21(17-31(29)40-4)16-24-33(37)22-15-20-13-14-41-32(20)18-23(22)34(24)38/h5-19H,1-4H3/b24-16-. The molecule has 0 saturated carbocycles. The van der Waals surface area contributed by atoms with Crippen molar-refractivity contribution in [2.45, 2.75) is 19.3 Å². The monoisotopic (exact) mass is 605 g/mol. The fourth-order valence-corrected chi connectivity index (χ4v) is 7.89. The summed E-state index contributed by atoms with van der Waals surface area (Å²) in [4.78, 5) is 31.2. The third-order valence-corrected chi connectivity index (χ3v) is 10.1. The van der Waals surface area contributed by atoms with Crippen LogP contribution < -0.4 is 14.4 Å². The Bertz CT molecular complexity index is 1850. The number of carbonyl (C=O) groups excluding carboxylic acids is 2. The van der Waals surface area contributed by atoms with Gasteiger partial charge in [0.15, 0.2) is 0 Å². The first-order valence-corrected chi connectivity index (χ1v) is 15.3. The van der Waals surface area contributed by atoms with Crippen molar-refractivity contribution in [3.8, 4) is 11.5 Å². The van der Waals surface area contributed by atoms with Crippen LogP contribution in [0.25, 0.3) is 15.7 Å². The van der Waals surface area contributed by atoms with E-state index in [4.69, 9.17) is 9.47 Å². The first-order chi connectivity index (χ1) is 19.8. The normalized spacial score (nSPS) is 16.1. The second-order valence-electron chi connectivity index (χ2n) is 10.8. The van der Waals surface area contributed by atoms with Crippen molar-refractivity contribution < 1.29 is 19.1 Å². The van der Waals surface area contributed by atoms with E-state index in [0.717, 1.165) is 26.7 Å². The van der Waals surface area contributed by atoms with Gasteiger partial charge in [0.25, 0.3) is 0 Å². The molecule has 7 rings (SSSR count). The van der Waals surface area contributed by atoms with Crippen molar-refractivity contribution in [3.63, 3.8) is 0 Å². The molecule has 0 amide bonds. The Kier molecular flexibility index (Phi) is 5.82. The molecular formula is C35H27NO4Se. The Morgan fingerprint density at radius 1 is 0.732 bits per heavy atom. The van der Waals surface area contributed by atoms with E-state index < -0.39 is 0 Å². The summed E-state index contributed by atoms with van der Waals surface area (Å²) < 4.78 is 12.9. The third kappa shape index (κ3) is 3.75. The number of para-hydroxylation sites is 2. The number of nitrogens with zero attached hydrogens (tertiary/aromatic N) is 1. The van der Waals surface area contributed by atoms with Crippen molar-refractivity contribution >= 4 is 58.9 Å². The Morgan fingerprint density at radius 2 is 1.34 bits per heavy atom. The van der Waals surface area contributed by atoms with Crippen LogP contribution in [0.2, 0.25) is 0 Å². The number of hydrogen-bond donors (Lipinski definition) is 0. The molecule has 4 aromatic carbocycles. The second kappa shape index (κ2) is 9.34. The maximum atomic E-state index is 13.4. The molecule has 1 aliphatic heterocycles. The summed E-state index contributed by atoms with van der Waals surface area (Å²) in [5.41, 5.74) is 6.83. The van der Waals surface area contributed by atoms with Gasteiger partial charge in [-0.3, -0.25) is 0 Å². The van der Waals surface area contributed by atoms with Crippen molar-refractivity contribution in [3.05, 3.63) is 117 Å². The summed E-state index contributed by atoms with van der Waals surface area (Å²) >= 11 is 0.188. The quantitative estimate of drug-likeness (QED) is 0.121. The number of Topliss-reactive ketones (excluding diaryl/α,β-unsaturated/α-hetero) is 2. The van der Waals surface area contributed by atoms with Gasteiger partial charge in [0.2, 0.25) is 0 Å². The summed E-state index contributed by atoms with van der Waals surface area (Å²) in [5.74, 6) is 0.635. The maximum absolute atomic E-state index is 13.4. The minimum absolute atomic E-state index is 0.142. The summed E-state index contributed by atoms with van der Waals surface area (Å²) in [6.07, 6.45) is 1.64. The second-order valence-corrected chi connectivity index (χ2v) is 12.8.